The lowest BCUT2D eigenvalue weighted by Crippen LogP contribution is -2.49. The normalized spacial score (nSPS) is 30.4. The van der Waals surface area contributed by atoms with E-state index in [2.05, 4.69) is 4.90 Å². The highest BCUT2D eigenvalue weighted by Gasteiger charge is 2.34. The summed E-state index contributed by atoms with van der Waals surface area (Å²) < 4.78 is 0. The van der Waals surface area contributed by atoms with Gasteiger partial charge < -0.3 is 0 Å². The van der Waals surface area contributed by atoms with E-state index >= 15 is 0 Å². The fraction of sp³-hybridized carbons (Fsp3) is 0.533. The molecule has 18 heavy (non-hydrogen) atoms. The average molecular weight is 264 g/mol. The number of halogens is 1. The van der Waals surface area contributed by atoms with Gasteiger partial charge in [0.2, 0.25) is 0 Å². The van der Waals surface area contributed by atoms with Crippen LogP contribution in [0.3, 0.4) is 0 Å². The standard InChI is InChI=1S/C15H18ClNO/c16-13-3-1-12(2-4-13)15(18)10-14-9-11-5-7-17(14)8-6-11/h1-4,11,14H,5-10H2. The second kappa shape index (κ2) is 5.02. The van der Waals surface area contributed by atoms with Gasteiger partial charge >= 0.3 is 0 Å². The number of benzene rings is 1. The summed E-state index contributed by atoms with van der Waals surface area (Å²) in [6.07, 6.45) is 4.52. The Morgan fingerprint density at radius 2 is 1.89 bits per heavy atom. The quantitative estimate of drug-likeness (QED) is 0.779. The summed E-state index contributed by atoms with van der Waals surface area (Å²) in [5, 5.41) is 0.687. The number of Topliss-reactive ketones (excluding diaryl/α,β-unsaturated/α-hetero) is 1. The zero-order valence-corrected chi connectivity index (χ0v) is 11.2. The maximum Gasteiger partial charge on any atom is 0.164 e. The van der Waals surface area contributed by atoms with E-state index in [-0.39, 0.29) is 5.78 Å². The molecule has 2 bridgehead atoms. The molecule has 1 aromatic carbocycles. The fourth-order valence-electron chi connectivity index (χ4n) is 3.27. The predicted molar refractivity (Wildman–Crippen MR) is 73.1 cm³/mol. The summed E-state index contributed by atoms with van der Waals surface area (Å²) in [6, 6.07) is 7.73. The molecule has 3 heterocycles. The van der Waals surface area contributed by atoms with Gasteiger partial charge in [0.05, 0.1) is 0 Å². The Labute approximate surface area is 113 Å². The highest BCUT2D eigenvalue weighted by molar-refractivity contribution is 6.30. The van der Waals surface area contributed by atoms with Crippen LogP contribution in [-0.4, -0.2) is 29.8 Å². The number of carbonyl (C=O) groups is 1. The van der Waals surface area contributed by atoms with Gasteiger partial charge in [-0.3, -0.25) is 9.69 Å². The van der Waals surface area contributed by atoms with Crippen LogP contribution in [0.2, 0.25) is 5.02 Å². The van der Waals surface area contributed by atoms with Gasteiger partial charge in [0, 0.05) is 23.0 Å². The summed E-state index contributed by atoms with van der Waals surface area (Å²) in [5.74, 6) is 1.11. The molecule has 3 aliphatic rings. The number of hydrogen-bond acceptors (Lipinski definition) is 2. The zero-order chi connectivity index (χ0) is 12.5. The third kappa shape index (κ3) is 2.45. The van der Waals surface area contributed by atoms with E-state index in [1.807, 2.05) is 12.1 Å². The lowest BCUT2D eigenvalue weighted by Gasteiger charge is -2.45. The smallest absolute Gasteiger partial charge is 0.164 e. The molecule has 1 unspecified atom stereocenters. The maximum absolute atomic E-state index is 12.2. The van der Waals surface area contributed by atoms with Crippen molar-refractivity contribution in [2.75, 3.05) is 13.1 Å². The van der Waals surface area contributed by atoms with Crippen molar-refractivity contribution in [3.63, 3.8) is 0 Å². The van der Waals surface area contributed by atoms with Gasteiger partial charge in [-0.1, -0.05) is 11.6 Å². The first-order valence-corrected chi connectivity index (χ1v) is 7.13. The predicted octanol–water partition coefficient (Wildman–Crippen LogP) is 3.40. The van der Waals surface area contributed by atoms with E-state index in [1.165, 1.54) is 32.4 Å². The van der Waals surface area contributed by atoms with Gasteiger partial charge in [-0.15, -0.1) is 0 Å². The van der Waals surface area contributed by atoms with Crippen LogP contribution in [0.25, 0.3) is 0 Å². The van der Waals surface area contributed by atoms with Crippen molar-refractivity contribution in [2.24, 2.45) is 5.92 Å². The van der Waals surface area contributed by atoms with E-state index in [4.69, 9.17) is 11.6 Å². The first-order valence-electron chi connectivity index (χ1n) is 6.75. The number of fused-ring (bicyclic) bond motifs is 3. The Balaban J connectivity index is 1.66. The number of hydrogen-bond donors (Lipinski definition) is 0. The monoisotopic (exact) mass is 263 g/mol. The Morgan fingerprint density at radius 1 is 1.22 bits per heavy atom. The van der Waals surface area contributed by atoms with Gasteiger partial charge in [0.15, 0.2) is 5.78 Å². The van der Waals surface area contributed by atoms with Crippen LogP contribution in [-0.2, 0) is 0 Å². The van der Waals surface area contributed by atoms with Crippen molar-refractivity contribution >= 4 is 17.4 Å². The summed E-state index contributed by atoms with van der Waals surface area (Å²) in [4.78, 5) is 14.7. The third-order valence-electron chi connectivity index (χ3n) is 4.36. The van der Waals surface area contributed by atoms with Crippen molar-refractivity contribution in [2.45, 2.75) is 31.7 Å². The minimum Gasteiger partial charge on any atom is -0.300 e. The molecule has 0 aliphatic carbocycles. The van der Waals surface area contributed by atoms with Crippen LogP contribution in [0.5, 0.6) is 0 Å². The van der Waals surface area contributed by atoms with Crippen LogP contribution >= 0.6 is 11.6 Å². The van der Waals surface area contributed by atoms with Gasteiger partial charge in [-0.05, 0) is 62.5 Å². The molecule has 1 aromatic rings. The molecule has 3 heteroatoms. The number of nitrogens with zero attached hydrogens (tertiary/aromatic N) is 1. The first-order chi connectivity index (χ1) is 8.72. The van der Waals surface area contributed by atoms with Crippen LogP contribution in [0.1, 0.15) is 36.0 Å². The van der Waals surface area contributed by atoms with E-state index in [9.17, 15) is 4.79 Å². The summed E-state index contributed by atoms with van der Waals surface area (Å²) in [5.41, 5.74) is 0.794. The lowest BCUT2D eigenvalue weighted by atomic mass is 9.81. The highest BCUT2D eigenvalue weighted by Crippen LogP contribution is 2.33. The van der Waals surface area contributed by atoms with Crippen LogP contribution in [0, 0.1) is 5.92 Å². The number of rotatable bonds is 3. The second-order valence-corrected chi connectivity index (χ2v) is 5.94. The van der Waals surface area contributed by atoms with Crippen LogP contribution in [0.15, 0.2) is 24.3 Å². The number of carbonyl (C=O) groups excluding carboxylic acids is 1. The SMILES string of the molecule is O=C(CC1CC2CCN1CC2)c1ccc(Cl)cc1. The van der Waals surface area contributed by atoms with Crippen LogP contribution in [0.4, 0.5) is 0 Å². The molecule has 0 amide bonds. The molecular weight excluding hydrogens is 246 g/mol. The zero-order valence-electron chi connectivity index (χ0n) is 10.4. The molecule has 3 fully saturated rings. The van der Waals surface area contributed by atoms with Crippen molar-refractivity contribution in [3.05, 3.63) is 34.9 Å². The lowest BCUT2D eigenvalue weighted by molar-refractivity contribution is 0.0428. The van der Waals surface area contributed by atoms with Gasteiger partial charge in [-0.2, -0.15) is 0 Å². The van der Waals surface area contributed by atoms with Crippen molar-refractivity contribution < 1.29 is 4.79 Å². The maximum atomic E-state index is 12.2. The Bertz CT molecular complexity index is 434. The molecule has 0 spiro atoms. The van der Waals surface area contributed by atoms with E-state index < -0.39 is 0 Å². The molecule has 2 nitrogen and oxygen atoms in total. The summed E-state index contributed by atoms with van der Waals surface area (Å²) in [6.45, 7) is 2.37. The van der Waals surface area contributed by atoms with E-state index in [1.54, 1.807) is 12.1 Å². The first kappa shape index (κ1) is 12.2. The van der Waals surface area contributed by atoms with Gasteiger partial charge in [0.25, 0.3) is 0 Å². The molecule has 0 saturated carbocycles. The molecular formula is C15H18ClNO. The molecule has 3 saturated heterocycles. The number of ketones is 1. The molecule has 0 N–H and O–H groups in total. The van der Waals surface area contributed by atoms with Crippen LogP contribution < -0.4 is 0 Å². The average Bonchev–Trinajstić information content (AvgIpc) is 2.41. The van der Waals surface area contributed by atoms with Crippen molar-refractivity contribution in [3.8, 4) is 0 Å². The summed E-state index contributed by atoms with van der Waals surface area (Å²) >= 11 is 5.84. The van der Waals surface area contributed by atoms with Crippen molar-refractivity contribution in [1.82, 2.24) is 4.90 Å². The van der Waals surface area contributed by atoms with E-state index in [0.717, 1.165) is 11.5 Å². The van der Waals surface area contributed by atoms with Gasteiger partial charge in [0.1, 0.15) is 0 Å². The second-order valence-electron chi connectivity index (χ2n) is 5.50. The molecule has 0 aromatic heterocycles. The minimum absolute atomic E-state index is 0.254. The molecule has 1 atom stereocenters. The summed E-state index contributed by atoms with van der Waals surface area (Å²) in [7, 11) is 0. The fourth-order valence-corrected chi connectivity index (χ4v) is 3.39. The van der Waals surface area contributed by atoms with Crippen molar-refractivity contribution in [1.29, 1.82) is 0 Å². The molecule has 0 radical (unpaired) electrons. The molecule has 4 rings (SSSR count). The Hall–Kier alpha value is -0.860. The largest absolute Gasteiger partial charge is 0.300 e. The Kier molecular flexibility index (Phi) is 3.40. The minimum atomic E-state index is 0.254. The molecule has 96 valence electrons. The van der Waals surface area contributed by atoms with E-state index in [0.29, 0.717) is 17.5 Å². The third-order valence-corrected chi connectivity index (χ3v) is 4.61. The molecule has 3 aliphatic heterocycles. The highest BCUT2D eigenvalue weighted by atomic mass is 35.5. The Morgan fingerprint density at radius 3 is 2.44 bits per heavy atom. The van der Waals surface area contributed by atoms with Gasteiger partial charge in [-0.25, -0.2) is 0 Å². The number of piperidine rings is 3. The topological polar surface area (TPSA) is 20.3 Å².